The predicted molar refractivity (Wildman–Crippen MR) is 62.8 cm³/mol. The number of nitrogens with two attached hydrogens (primary N) is 1. The predicted octanol–water partition coefficient (Wildman–Crippen LogP) is 2.71. The zero-order valence-corrected chi connectivity index (χ0v) is 9.45. The summed E-state index contributed by atoms with van der Waals surface area (Å²) < 4.78 is 0. The molecule has 0 saturated carbocycles. The van der Waals surface area contributed by atoms with Crippen molar-refractivity contribution in [2.45, 2.75) is 51.4 Å². The molecule has 0 bridgehead atoms. The number of hydrogen-bond donors (Lipinski definition) is 2. The summed E-state index contributed by atoms with van der Waals surface area (Å²) in [5.74, 6) is -0.679. The number of carbonyl (C=O) groups is 1. The molecule has 3 N–H and O–H groups in total. The second-order valence-corrected chi connectivity index (χ2v) is 3.76. The van der Waals surface area contributed by atoms with Crippen LogP contribution in [0.4, 0.5) is 0 Å². The molecule has 15 heavy (non-hydrogen) atoms. The molecule has 0 radical (unpaired) electrons. The number of aliphatic carboxylic acids is 1. The maximum absolute atomic E-state index is 10.2. The van der Waals surface area contributed by atoms with E-state index >= 15 is 0 Å². The molecule has 0 aromatic heterocycles. The average molecular weight is 213 g/mol. The van der Waals surface area contributed by atoms with E-state index < -0.39 is 5.97 Å². The van der Waals surface area contributed by atoms with Crippen LogP contribution in [0.2, 0.25) is 0 Å². The normalized spacial score (nSPS) is 11.0. The summed E-state index contributed by atoms with van der Waals surface area (Å²) in [7, 11) is 0. The molecular formula is C12H23NO2. The summed E-state index contributed by atoms with van der Waals surface area (Å²) in [5.41, 5.74) is 5.31. The van der Waals surface area contributed by atoms with Gasteiger partial charge >= 0.3 is 5.97 Å². The van der Waals surface area contributed by atoms with E-state index in [-0.39, 0.29) is 0 Å². The van der Waals surface area contributed by atoms with Crippen LogP contribution in [-0.2, 0) is 4.79 Å². The second-order valence-electron chi connectivity index (χ2n) is 3.76. The molecule has 0 aliphatic rings. The van der Waals surface area contributed by atoms with Gasteiger partial charge in [0.15, 0.2) is 0 Å². The number of allylic oxidation sites excluding steroid dienone is 1. The number of unbranched alkanes of at least 4 members (excludes halogenated alkanes) is 6. The van der Waals surface area contributed by atoms with Crippen molar-refractivity contribution in [3.05, 3.63) is 12.2 Å². The van der Waals surface area contributed by atoms with Gasteiger partial charge in [0.25, 0.3) is 0 Å². The first kappa shape index (κ1) is 14.2. The molecule has 0 aromatic rings. The molecule has 0 atom stereocenters. The van der Waals surface area contributed by atoms with Crippen molar-refractivity contribution in [2.24, 2.45) is 5.73 Å². The Hall–Kier alpha value is -0.830. The average Bonchev–Trinajstić information content (AvgIpc) is 2.20. The third-order valence-electron chi connectivity index (χ3n) is 2.31. The van der Waals surface area contributed by atoms with Crippen LogP contribution in [0.25, 0.3) is 0 Å². The monoisotopic (exact) mass is 213 g/mol. The van der Waals surface area contributed by atoms with Gasteiger partial charge in [0.2, 0.25) is 0 Å². The largest absolute Gasteiger partial charge is 0.481 e. The van der Waals surface area contributed by atoms with Crippen LogP contribution in [0.1, 0.15) is 51.4 Å². The molecule has 0 aliphatic carbocycles. The van der Waals surface area contributed by atoms with Gasteiger partial charge in [-0.25, -0.2) is 0 Å². The first-order valence-electron chi connectivity index (χ1n) is 5.84. The lowest BCUT2D eigenvalue weighted by atomic mass is 10.1. The highest BCUT2D eigenvalue weighted by Gasteiger charge is 1.95. The van der Waals surface area contributed by atoms with Crippen LogP contribution in [0.15, 0.2) is 12.2 Å². The SMILES string of the molecule is NCC=CCCCCCCCCC(=O)O. The minimum Gasteiger partial charge on any atom is -0.481 e. The van der Waals surface area contributed by atoms with Gasteiger partial charge < -0.3 is 10.8 Å². The molecule has 0 fully saturated rings. The van der Waals surface area contributed by atoms with E-state index in [9.17, 15) is 4.79 Å². The Morgan fingerprint density at radius 2 is 1.60 bits per heavy atom. The summed E-state index contributed by atoms with van der Waals surface area (Å²) in [5, 5.41) is 8.42. The number of carboxylic acid groups (broad SMARTS) is 1. The van der Waals surface area contributed by atoms with Gasteiger partial charge in [-0.2, -0.15) is 0 Å². The van der Waals surface area contributed by atoms with E-state index in [1.165, 1.54) is 19.3 Å². The molecule has 88 valence electrons. The number of rotatable bonds is 10. The fraction of sp³-hybridized carbons (Fsp3) is 0.750. The Kier molecular flexibility index (Phi) is 10.6. The highest BCUT2D eigenvalue weighted by molar-refractivity contribution is 5.66. The Bertz CT molecular complexity index is 178. The summed E-state index contributed by atoms with van der Waals surface area (Å²) in [6.45, 7) is 0.634. The van der Waals surface area contributed by atoms with E-state index in [0.717, 1.165) is 25.7 Å². The summed E-state index contributed by atoms with van der Waals surface area (Å²) in [6, 6.07) is 0. The zero-order chi connectivity index (χ0) is 11.4. The molecule has 0 rings (SSSR count). The van der Waals surface area contributed by atoms with E-state index in [2.05, 4.69) is 6.08 Å². The maximum atomic E-state index is 10.2. The Balaban J connectivity index is 2.99. The third kappa shape index (κ3) is 13.2. The van der Waals surface area contributed by atoms with Crippen LogP contribution in [0, 0.1) is 0 Å². The van der Waals surface area contributed by atoms with Crippen LogP contribution < -0.4 is 5.73 Å². The summed E-state index contributed by atoms with van der Waals surface area (Å²) in [4.78, 5) is 10.2. The minimum absolute atomic E-state index is 0.319. The van der Waals surface area contributed by atoms with E-state index in [1.54, 1.807) is 0 Å². The van der Waals surface area contributed by atoms with Crippen molar-refractivity contribution < 1.29 is 9.90 Å². The van der Waals surface area contributed by atoms with Crippen molar-refractivity contribution in [3.8, 4) is 0 Å². The van der Waals surface area contributed by atoms with Crippen molar-refractivity contribution >= 4 is 5.97 Å². The molecule has 3 nitrogen and oxygen atoms in total. The molecule has 0 saturated heterocycles. The molecule has 0 heterocycles. The second kappa shape index (κ2) is 11.2. The van der Waals surface area contributed by atoms with Gasteiger partial charge in [-0.1, -0.05) is 37.8 Å². The minimum atomic E-state index is -0.679. The number of hydrogen-bond acceptors (Lipinski definition) is 2. The van der Waals surface area contributed by atoms with E-state index in [1.807, 2.05) is 6.08 Å². The van der Waals surface area contributed by atoms with Crippen molar-refractivity contribution in [2.75, 3.05) is 6.54 Å². The van der Waals surface area contributed by atoms with Gasteiger partial charge in [-0.05, 0) is 19.3 Å². The standard InChI is InChI=1S/C12H23NO2/c13-11-9-7-5-3-1-2-4-6-8-10-12(14)15/h7,9H,1-6,8,10-11,13H2,(H,14,15). The molecular weight excluding hydrogens is 190 g/mol. The van der Waals surface area contributed by atoms with E-state index in [4.69, 9.17) is 10.8 Å². The van der Waals surface area contributed by atoms with Crippen molar-refractivity contribution in [1.82, 2.24) is 0 Å². The topological polar surface area (TPSA) is 63.3 Å². The van der Waals surface area contributed by atoms with Gasteiger partial charge in [-0.15, -0.1) is 0 Å². The van der Waals surface area contributed by atoms with Crippen molar-refractivity contribution in [3.63, 3.8) is 0 Å². The van der Waals surface area contributed by atoms with Gasteiger partial charge in [0.05, 0.1) is 0 Å². The van der Waals surface area contributed by atoms with Crippen LogP contribution in [-0.4, -0.2) is 17.6 Å². The molecule has 3 heteroatoms. The van der Waals surface area contributed by atoms with Crippen LogP contribution in [0.3, 0.4) is 0 Å². The first-order valence-corrected chi connectivity index (χ1v) is 5.84. The molecule has 0 unspecified atom stereocenters. The summed E-state index contributed by atoms with van der Waals surface area (Å²) in [6.07, 6.45) is 12.3. The lowest BCUT2D eigenvalue weighted by molar-refractivity contribution is -0.137. The highest BCUT2D eigenvalue weighted by Crippen LogP contribution is 2.08. The number of carboxylic acids is 1. The van der Waals surface area contributed by atoms with Gasteiger partial charge in [0, 0.05) is 13.0 Å². The lowest BCUT2D eigenvalue weighted by Crippen LogP contribution is -1.93. The fourth-order valence-corrected chi connectivity index (χ4v) is 1.46. The molecule has 0 aliphatic heterocycles. The highest BCUT2D eigenvalue weighted by atomic mass is 16.4. The smallest absolute Gasteiger partial charge is 0.303 e. The quantitative estimate of drug-likeness (QED) is 0.433. The lowest BCUT2D eigenvalue weighted by Gasteiger charge is -1.99. The molecule has 0 spiro atoms. The van der Waals surface area contributed by atoms with Crippen molar-refractivity contribution in [1.29, 1.82) is 0 Å². The van der Waals surface area contributed by atoms with Gasteiger partial charge in [0.1, 0.15) is 0 Å². The Morgan fingerprint density at radius 3 is 2.20 bits per heavy atom. The van der Waals surface area contributed by atoms with Crippen LogP contribution >= 0.6 is 0 Å². The summed E-state index contributed by atoms with van der Waals surface area (Å²) >= 11 is 0. The molecule has 0 aromatic carbocycles. The Morgan fingerprint density at radius 1 is 1.00 bits per heavy atom. The molecule has 0 amide bonds. The zero-order valence-electron chi connectivity index (χ0n) is 9.45. The Labute approximate surface area is 92.4 Å². The maximum Gasteiger partial charge on any atom is 0.303 e. The van der Waals surface area contributed by atoms with Gasteiger partial charge in [-0.3, -0.25) is 4.79 Å². The first-order chi connectivity index (χ1) is 7.27. The third-order valence-corrected chi connectivity index (χ3v) is 2.31. The van der Waals surface area contributed by atoms with E-state index in [0.29, 0.717) is 13.0 Å². The van der Waals surface area contributed by atoms with Crippen LogP contribution in [0.5, 0.6) is 0 Å². The fourth-order valence-electron chi connectivity index (χ4n) is 1.46.